The summed E-state index contributed by atoms with van der Waals surface area (Å²) in [6, 6.07) is 0. The number of aliphatic hydroxyl groups excluding tert-OH is 1. The molecule has 16 heavy (non-hydrogen) atoms. The van der Waals surface area contributed by atoms with E-state index in [1.165, 1.54) is 0 Å². The van der Waals surface area contributed by atoms with E-state index in [9.17, 15) is 8.42 Å². The Balaban J connectivity index is 2.27. The van der Waals surface area contributed by atoms with Crippen LogP contribution in [-0.2, 0) is 10.0 Å². The molecule has 0 saturated carbocycles. The van der Waals surface area contributed by atoms with Crippen molar-refractivity contribution in [1.82, 2.24) is 9.62 Å². The minimum atomic E-state index is -3.19. The van der Waals surface area contributed by atoms with Crippen molar-refractivity contribution >= 4 is 10.0 Å². The Kier molecular flexibility index (Phi) is 5.68. The van der Waals surface area contributed by atoms with E-state index in [0.717, 1.165) is 25.9 Å². The van der Waals surface area contributed by atoms with Crippen molar-refractivity contribution in [3.05, 3.63) is 0 Å². The fourth-order valence-corrected chi connectivity index (χ4v) is 3.15. The highest BCUT2D eigenvalue weighted by molar-refractivity contribution is 7.89. The van der Waals surface area contributed by atoms with E-state index in [-0.39, 0.29) is 12.4 Å². The summed E-state index contributed by atoms with van der Waals surface area (Å²) < 4.78 is 25.6. The standard InChI is InChI=1S/C10H22N2O3S/c1-12-5-2-4-10(9-12)8-11-16(14,15)7-3-6-13/h10-11,13H,2-9H2,1H3. The Morgan fingerprint density at radius 2 is 2.25 bits per heavy atom. The molecule has 0 radical (unpaired) electrons. The SMILES string of the molecule is CN1CCCC(CNS(=O)(=O)CCCO)C1. The number of likely N-dealkylation sites (tertiary alicyclic amines) is 1. The summed E-state index contributed by atoms with van der Waals surface area (Å²) in [4.78, 5) is 2.23. The van der Waals surface area contributed by atoms with Crippen LogP contribution < -0.4 is 4.72 Å². The van der Waals surface area contributed by atoms with Crippen LogP contribution in [0, 0.1) is 5.92 Å². The molecule has 1 aliphatic heterocycles. The lowest BCUT2D eigenvalue weighted by Crippen LogP contribution is -2.39. The molecular formula is C10H22N2O3S. The number of hydrogen-bond acceptors (Lipinski definition) is 4. The van der Waals surface area contributed by atoms with Crippen molar-refractivity contribution in [3.8, 4) is 0 Å². The van der Waals surface area contributed by atoms with Gasteiger partial charge in [0, 0.05) is 19.7 Å². The van der Waals surface area contributed by atoms with Gasteiger partial charge in [0.25, 0.3) is 0 Å². The van der Waals surface area contributed by atoms with Crippen LogP contribution in [0.1, 0.15) is 19.3 Å². The number of aliphatic hydroxyl groups is 1. The molecule has 1 fully saturated rings. The molecule has 0 spiro atoms. The predicted molar refractivity (Wildman–Crippen MR) is 63.7 cm³/mol. The first-order chi connectivity index (χ1) is 7.53. The molecule has 6 heteroatoms. The number of rotatable bonds is 6. The molecule has 1 rings (SSSR count). The average molecular weight is 250 g/mol. The molecule has 0 aliphatic carbocycles. The van der Waals surface area contributed by atoms with Gasteiger partial charge in [0.15, 0.2) is 0 Å². The van der Waals surface area contributed by atoms with Gasteiger partial charge in [-0.3, -0.25) is 0 Å². The molecule has 0 aromatic rings. The molecule has 1 unspecified atom stereocenters. The summed E-state index contributed by atoms with van der Waals surface area (Å²) in [5.41, 5.74) is 0. The third kappa shape index (κ3) is 5.25. The second-order valence-corrected chi connectivity index (χ2v) is 6.44. The molecule has 0 amide bonds. The van der Waals surface area contributed by atoms with Crippen LogP contribution in [0.15, 0.2) is 0 Å². The first-order valence-electron chi connectivity index (χ1n) is 5.80. The summed E-state index contributed by atoms with van der Waals surface area (Å²) in [7, 11) is -1.13. The Hall–Kier alpha value is -0.170. The van der Waals surface area contributed by atoms with Gasteiger partial charge >= 0.3 is 0 Å². The highest BCUT2D eigenvalue weighted by Crippen LogP contribution is 2.14. The molecular weight excluding hydrogens is 228 g/mol. The zero-order chi connectivity index (χ0) is 12.0. The Morgan fingerprint density at radius 3 is 2.88 bits per heavy atom. The third-order valence-electron chi connectivity index (χ3n) is 2.89. The van der Waals surface area contributed by atoms with Crippen LogP contribution in [0.2, 0.25) is 0 Å². The second-order valence-electron chi connectivity index (χ2n) is 4.51. The lowest BCUT2D eigenvalue weighted by atomic mass is 9.99. The van der Waals surface area contributed by atoms with E-state index in [2.05, 4.69) is 16.7 Å². The van der Waals surface area contributed by atoms with Gasteiger partial charge in [-0.05, 0) is 38.8 Å². The van der Waals surface area contributed by atoms with Crippen molar-refractivity contribution in [2.24, 2.45) is 5.92 Å². The van der Waals surface area contributed by atoms with Crippen molar-refractivity contribution in [3.63, 3.8) is 0 Å². The Morgan fingerprint density at radius 1 is 1.50 bits per heavy atom. The fraction of sp³-hybridized carbons (Fsp3) is 1.00. The number of nitrogens with one attached hydrogen (secondary N) is 1. The first kappa shape index (κ1) is 13.9. The van der Waals surface area contributed by atoms with Crippen LogP contribution in [0.25, 0.3) is 0 Å². The fourth-order valence-electron chi connectivity index (χ4n) is 2.01. The molecule has 2 N–H and O–H groups in total. The van der Waals surface area contributed by atoms with Gasteiger partial charge in [0.05, 0.1) is 5.75 Å². The van der Waals surface area contributed by atoms with Gasteiger partial charge in [0.1, 0.15) is 0 Å². The van der Waals surface area contributed by atoms with Crippen LogP contribution in [-0.4, -0.2) is 57.5 Å². The van der Waals surface area contributed by atoms with Gasteiger partial charge in [-0.2, -0.15) is 0 Å². The lowest BCUT2D eigenvalue weighted by Gasteiger charge is -2.29. The minimum Gasteiger partial charge on any atom is -0.396 e. The molecule has 0 aromatic carbocycles. The van der Waals surface area contributed by atoms with Crippen LogP contribution in [0.5, 0.6) is 0 Å². The van der Waals surface area contributed by atoms with E-state index in [0.29, 0.717) is 18.9 Å². The highest BCUT2D eigenvalue weighted by atomic mass is 32.2. The van der Waals surface area contributed by atoms with E-state index in [4.69, 9.17) is 5.11 Å². The normalized spacial score (nSPS) is 23.5. The number of sulfonamides is 1. The molecule has 1 atom stereocenters. The molecule has 5 nitrogen and oxygen atoms in total. The van der Waals surface area contributed by atoms with Crippen molar-refractivity contribution < 1.29 is 13.5 Å². The first-order valence-corrected chi connectivity index (χ1v) is 7.45. The quantitative estimate of drug-likeness (QED) is 0.675. The smallest absolute Gasteiger partial charge is 0.211 e. The Labute approximate surface area is 97.9 Å². The van der Waals surface area contributed by atoms with Gasteiger partial charge in [0.2, 0.25) is 10.0 Å². The lowest BCUT2D eigenvalue weighted by molar-refractivity contribution is 0.211. The van der Waals surface area contributed by atoms with Crippen molar-refractivity contribution in [2.45, 2.75) is 19.3 Å². The molecule has 0 bridgehead atoms. The monoisotopic (exact) mass is 250 g/mol. The number of nitrogens with zero attached hydrogens (tertiary/aromatic N) is 1. The summed E-state index contributed by atoms with van der Waals surface area (Å²) >= 11 is 0. The van der Waals surface area contributed by atoms with E-state index >= 15 is 0 Å². The van der Waals surface area contributed by atoms with Gasteiger partial charge in [-0.1, -0.05) is 0 Å². The number of piperidine rings is 1. The van der Waals surface area contributed by atoms with Crippen molar-refractivity contribution in [1.29, 1.82) is 0 Å². The van der Waals surface area contributed by atoms with Crippen LogP contribution >= 0.6 is 0 Å². The van der Waals surface area contributed by atoms with Gasteiger partial charge in [-0.15, -0.1) is 0 Å². The third-order valence-corrected chi connectivity index (χ3v) is 4.32. The number of hydrogen-bond donors (Lipinski definition) is 2. The Bertz CT molecular complexity index is 292. The van der Waals surface area contributed by atoms with E-state index in [1.807, 2.05) is 0 Å². The maximum atomic E-state index is 11.5. The van der Waals surface area contributed by atoms with E-state index in [1.54, 1.807) is 0 Å². The second kappa shape index (κ2) is 6.54. The molecule has 0 aromatic heterocycles. The topological polar surface area (TPSA) is 69.6 Å². The largest absolute Gasteiger partial charge is 0.396 e. The summed E-state index contributed by atoms with van der Waals surface area (Å²) in [5.74, 6) is 0.439. The molecule has 1 aliphatic rings. The summed E-state index contributed by atoms with van der Waals surface area (Å²) in [6.07, 6.45) is 2.53. The molecule has 96 valence electrons. The maximum Gasteiger partial charge on any atom is 0.211 e. The van der Waals surface area contributed by atoms with Crippen molar-refractivity contribution in [2.75, 3.05) is 39.0 Å². The van der Waals surface area contributed by atoms with E-state index < -0.39 is 10.0 Å². The predicted octanol–water partition coefficient (Wildman–Crippen LogP) is -0.370. The zero-order valence-corrected chi connectivity index (χ0v) is 10.7. The molecule has 1 heterocycles. The van der Waals surface area contributed by atoms with Crippen LogP contribution in [0.3, 0.4) is 0 Å². The highest BCUT2D eigenvalue weighted by Gasteiger charge is 2.19. The molecule has 1 saturated heterocycles. The van der Waals surface area contributed by atoms with Crippen LogP contribution in [0.4, 0.5) is 0 Å². The summed E-state index contributed by atoms with van der Waals surface area (Å²) in [5, 5.41) is 8.58. The van der Waals surface area contributed by atoms with Gasteiger partial charge in [-0.25, -0.2) is 13.1 Å². The maximum absolute atomic E-state index is 11.5. The minimum absolute atomic E-state index is 0.0199. The average Bonchev–Trinajstić information content (AvgIpc) is 2.24. The zero-order valence-electron chi connectivity index (χ0n) is 9.85. The van der Waals surface area contributed by atoms with Gasteiger partial charge < -0.3 is 10.0 Å². The summed E-state index contributed by atoms with van der Waals surface area (Å²) in [6.45, 7) is 2.52.